The lowest BCUT2D eigenvalue weighted by Crippen LogP contribution is -3.14. The fourth-order valence-corrected chi connectivity index (χ4v) is 4.78. The van der Waals surface area contributed by atoms with Gasteiger partial charge in [0, 0.05) is 0 Å². The van der Waals surface area contributed by atoms with Crippen LogP contribution in [0.2, 0.25) is 0 Å². The Morgan fingerprint density at radius 2 is 2.00 bits per heavy atom. The van der Waals surface area contributed by atoms with Crippen molar-refractivity contribution in [1.29, 1.82) is 0 Å². The van der Waals surface area contributed by atoms with E-state index in [0.29, 0.717) is 0 Å². The lowest BCUT2D eigenvalue weighted by molar-refractivity contribution is -0.905. The minimum Gasteiger partial charge on any atom is -0.497 e. The Hall–Kier alpha value is -1.87. The number of methoxy groups -OCH3 is 1. The minimum absolute atomic E-state index is 0.842. The smallest absolute Gasteiger partial charge is 0.196 e. The predicted octanol–water partition coefficient (Wildman–Crippen LogP) is 2.01. The highest BCUT2D eigenvalue weighted by Gasteiger charge is 2.18. The maximum absolute atomic E-state index is 5.44. The van der Waals surface area contributed by atoms with Gasteiger partial charge in [-0.1, -0.05) is 17.8 Å². The molecule has 1 fully saturated rings. The summed E-state index contributed by atoms with van der Waals surface area (Å²) < 4.78 is 12.9. The first-order valence-electron chi connectivity index (χ1n) is 9.03. The van der Waals surface area contributed by atoms with Gasteiger partial charge in [0.25, 0.3) is 0 Å². The molecule has 0 bridgehead atoms. The van der Waals surface area contributed by atoms with Crippen LogP contribution in [0.15, 0.2) is 46.9 Å². The number of hydrogen-bond acceptors (Lipinski definition) is 6. The van der Waals surface area contributed by atoms with Crippen molar-refractivity contribution in [2.45, 2.75) is 5.16 Å². The molecule has 0 amide bonds. The van der Waals surface area contributed by atoms with Crippen LogP contribution in [0, 0.1) is 0 Å². The molecule has 3 aromatic rings. The Morgan fingerprint density at radius 3 is 2.70 bits per heavy atom. The van der Waals surface area contributed by atoms with Gasteiger partial charge in [-0.05, 0) is 35.7 Å². The number of nitrogens with one attached hydrogen (secondary N) is 1. The summed E-state index contributed by atoms with van der Waals surface area (Å²) >= 11 is 3.44. The molecule has 0 spiro atoms. The monoisotopic (exact) mass is 403 g/mol. The molecule has 142 valence electrons. The van der Waals surface area contributed by atoms with Crippen LogP contribution in [0.25, 0.3) is 16.4 Å². The van der Waals surface area contributed by atoms with E-state index < -0.39 is 0 Å². The zero-order chi connectivity index (χ0) is 18.5. The largest absolute Gasteiger partial charge is 0.497 e. The van der Waals surface area contributed by atoms with E-state index in [9.17, 15) is 0 Å². The van der Waals surface area contributed by atoms with Crippen LogP contribution in [-0.4, -0.2) is 60.5 Å². The zero-order valence-corrected chi connectivity index (χ0v) is 16.9. The van der Waals surface area contributed by atoms with Crippen LogP contribution in [-0.2, 0) is 4.74 Å². The van der Waals surface area contributed by atoms with Gasteiger partial charge in [-0.25, -0.2) is 0 Å². The summed E-state index contributed by atoms with van der Waals surface area (Å²) in [5.41, 5.74) is 1.05. The van der Waals surface area contributed by atoms with Crippen molar-refractivity contribution in [1.82, 2.24) is 14.8 Å². The van der Waals surface area contributed by atoms with E-state index in [1.165, 1.54) is 0 Å². The summed E-state index contributed by atoms with van der Waals surface area (Å²) in [5, 5.41) is 12.0. The molecule has 0 radical (unpaired) electrons. The maximum Gasteiger partial charge on any atom is 0.196 e. The number of hydrogen-bond donors (Lipinski definition) is 1. The van der Waals surface area contributed by atoms with E-state index in [1.54, 1.807) is 35.1 Å². The van der Waals surface area contributed by atoms with Gasteiger partial charge in [-0.15, -0.1) is 21.5 Å². The van der Waals surface area contributed by atoms with Gasteiger partial charge < -0.3 is 14.4 Å². The van der Waals surface area contributed by atoms with E-state index >= 15 is 0 Å². The molecule has 6 nitrogen and oxygen atoms in total. The van der Waals surface area contributed by atoms with Gasteiger partial charge in [-0.2, -0.15) is 0 Å². The number of quaternary nitrogens is 1. The first-order chi connectivity index (χ1) is 13.3. The van der Waals surface area contributed by atoms with Gasteiger partial charge in [0.15, 0.2) is 11.0 Å². The summed E-state index contributed by atoms with van der Waals surface area (Å²) in [4.78, 5) is 2.71. The SMILES string of the molecule is COc1ccc(-n2c(SCC[NH+]3CCOCC3)nnc2-c2cccs2)cc1. The fraction of sp³-hybridized carbons (Fsp3) is 0.368. The number of thioether (sulfide) groups is 1. The van der Waals surface area contributed by atoms with Crippen molar-refractivity contribution in [3.63, 3.8) is 0 Å². The molecule has 8 heteroatoms. The van der Waals surface area contributed by atoms with Crippen molar-refractivity contribution < 1.29 is 14.4 Å². The highest BCUT2D eigenvalue weighted by atomic mass is 32.2. The molecule has 0 unspecified atom stereocenters. The molecular weight excluding hydrogens is 380 g/mol. The quantitative estimate of drug-likeness (QED) is 0.612. The van der Waals surface area contributed by atoms with Crippen molar-refractivity contribution in [3.05, 3.63) is 41.8 Å². The van der Waals surface area contributed by atoms with Crippen molar-refractivity contribution >= 4 is 23.1 Å². The second-order valence-corrected chi connectivity index (χ2v) is 8.29. The third-order valence-corrected chi connectivity index (χ3v) is 6.39. The zero-order valence-electron chi connectivity index (χ0n) is 15.3. The molecule has 1 aliphatic heterocycles. The summed E-state index contributed by atoms with van der Waals surface area (Å²) in [6.07, 6.45) is 0. The van der Waals surface area contributed by atoms with Crippen LogP contribution in [0.5, 0.6) is 5.75 Å². The summed E-state index contributed by atoms with van der Waals surface area (Å²) in [6.45, 7) is 5.02. The Labute approximate surface area is 167 Å². The lowest BCUT2D eigenvalue weighted by atomic mass is 10.3. The number of ether oxygens (including phenoxy) is 2. The van der Waals surface area contributed by atoms with Crippen LogP contribution < -0.4 is 9.64 Å². The van der Waals surface area contributed by atoms with E-state index in [1.807, 2.05) is 18.2 Å². The summed E-state index contributed by atoms with van der Waals surface area (Å²) in [7, 11) is 1.68. The second kappa shape index (κ2) is 8.88. The van der Waals surface area contributed by atoms with Crippen molar-refractivity contribution in [3.8, 4) is 22.1 Å². The maximum atomic E-state index is 5.44. The van der Waals surface area contributed by atoms with Crippen molar-refractivity contribution in [2.75, 3.05) is 45.7 Å². The number of morpholine rings is 1. The molecule has 1 aromatic carbocycles. The normalized spacial score (nSPS) is 15.1. The van der Waals surface area contributed by atoms with Crippen molar-refractivity contribution in [2.24, 2.45) is 0 Å². The Kier molecular flexibility index (Phi) is 6.08. The highest BCUT2D eigenvalue weighted by Crippen LogP contribution is 2.30. The lowest BCUT2D eigenvalue weighted by Gasteiger charge is -2.23. The number of thiophene rings is 1. The third-order valence-electron chi connectivity index (χ3n) is 4.59. The molecule has 0 saturated carbocycles. The van der Waals surface area contributed by atoms with E-state index in [-0.39, 0.29) is 0 Å². The predicted molar refractivity (Wildman–Crippen MR) is 108 cm³/mol. The van der Waals surface area contributed by atoms with Gasteiger partial charge in [0.1, 0.15) is 18.8 Å². The second-order valence-electron chi connectivity index (χ2n) is 6.28. The standard InChI is InChI=1S/C19H22N4O2S2/c1-24-16-6-4-15(5-7-16)23-18(17-3-2-13-26-17)20-21-19(23)27-14-10-22-8-11-25-12-9-22/h2-7,13H,8-12,14H2,1H3/p+1. The molecule has 1 saturated heterocycles. The summed E-state index contributed by atoms with van der Waals surface area (Å²) in [5.74, 6) is 2.74. The van der Waals surface area contributed by atoms with Crippen LogP contribution in [0.3, 0.4) is 0 Å². The molecule has 0 atom stereocenters. The molecule has 27 heavy (non-hydrogen) atoms. The fourth-order valence-electron chi connectivity index (χ4n) is 3.09. The van der Waals surface area contributed by atoms with Gasteiger partial charge >= 0.3 is 0 Å². The average molecular weight is 404 g/mol. The molecule has 2 aromatic heterocycles. The molecule has 1 aliphatic rings. The Balaban J connectivity index is 1.56. The first-order valence-corrected chi connectivity index (χ1v) is 10.9. The molecule has 0 aliphatic carbocycles. The molecule has 1 N–H and O–H groups in total. The Bertz CT molecular complexity index is 843. The Morgan fingerprint density at radius 1 is 1.19 bits per heavy atom. The topological polar surface area (TPSA) is 53.6 Å². The van der Waals surface area contributed by atoms with E-state index in [4.69, 9.17) is 9.47 Å². The average Bonchev–Trinajstić information content (AvgIpc) is 3.39. The molecule has 4 rings (SSSR count). The van der Waals surface area contributed by atoms with Gasteiger partial charge in [0.2, 0.25) is 0 Å². The number of benzene rings is 1. The number of nitrogens with zero attached hydrogens (tertiary/aromatic N) is 3. The number of rotatable bonds is 7. The third kappa shape index (κ3) is 4.35. The van der Waals surface area contributed by atoms with Crippen LogP contribution in [0.4, 0.5) is 0 Å². The van der Waals surface area contributed by atoms with Crippen LogP contribution >= 0.6 is 23.1 Å². The molecule has 3 heterocycles. The number of aromatic nitrogens is 3. The van der Waals surface area contributed by atoms with Crippen LogP contribution in [0.1, 0.15) is 0 Å². The van der Waals surface area contributed by atoms with E-state index in [2.05, 4.69) is 38.3 Å². The minimum atomic E-state index is 0.842. The van der Waals surface area contributed by atoms with Gasteiger partial charge in [-0.3, -0.25) is 4.57 Å². The summed E-state index contributed by atoms with van der Waals surface area (Å²) in [6, 6.07) is 12.2. The highest BCUT2D eigenvalue weighted by molar-refractivity contribution is 7.99. The van der Waals surface area contributed by atoms with E-state index in [0.717, 1.165) is 65.9 Å². The first kappa shape index (κ1) is 18.5. The van der Waals surface area contributed by atoms with Gasteiger partial charge in [0.05, 0.1) is 43.2 Å². The molecular formula is C19H23N4O2S2+.